The van der Waals surface area contributed by atoms with E-state index in [2.05, 4.69) is 46.8 Å². The molecule has 3 aromatic rings. The minimum atomic E-state index is -0.345. The van der Waals surface area contributed by atoms with Gasteiger partial charge in [-0.15, -0.1) is 0 Å². The summed E-state index contributed by atoms with van der Waals surface area (Å²) in [4.78, 5) is 33.9. The number of fused-ring (bicyclic) bond motifs is 1. The van der Waals surface area contributed by atoms with Gasteiger partial charge >= 0.3 is 5.69 Å². The first-order valence-electron chi connectivity index (χ1n) is 11.0. The molecule has 0 amide bonds. The van der Waals surface area contributed by atoms with E-state index in [4.69, 9.17) is 0 Å². The normalized spacial score (nSPS) is 15.2. The summed E-state index contributed by atoms with van der Waals surface area (Å²) in [6.07, 6.45) is 3.71. The summed E-state index contributed by atoms with van der Waals surface area (Å²) in [6, 6.07) is 6.55. The zero-order valence-electron chi connectivity index (χ0n) is 19.0. The van der Waals surface area contributed by atoms with Gasteiger partial charge in [0, 0.05) is 52.5 Å². The van der Waals surface area contributed by atoms with Crippen molar-refractivity contribution in [3.05, 3.63) is 56.5 Å². The summed E-state index contributed by atoms with van der Waals surface area (Å²) >= 11 is 0. The van der Waals surface area contributed by atoms with E-state index in [0.717, 1.165) is 56.7 Å². The SMILES string of the molecule is Cc1cccc(N2CCN(CCCCn3cnc4c3c(=O)n(C)c(=O)n4C)CC2)c1C. The molecule has 0 bridgehead atoms. The third-order valence-electron chi connectivity index (χ3n) is 6.63. The minimum absolute atomic E-state index is 0.279. The number of hydrogen-bond donors (Lipinski definition) is 0. The number of hydrogen-bond acceptors (Lipinski definition) is 5. The van der Waals surface area contributed by atoms with Crippen LogP contribution >= 0.6 is 0 Å². The van der Waals surface area contributed by atoms with E-state index in [9.17, 15) is 9.59 Å². The minimum Gasteiger partial charge on any atom is -0.369 e. The second-order valence-electron chi connectivity index (χ2n) is 8.57. The molecule has 1 fully saturated rings. The predicted octanol–water partition coefficient (Wildman–Crippen LogP) is 1.65. The van der Waals surface area contributed by atoms with Crippen molar-refractivity contribution in [2.24, 2.45) is 14.1 Å². The van der Waals surface area contributed by atoms with Crippen LogP contribution < -0.4 is 16.1 Å². The van der Waals surface area contributed by atoms with Gasteiger partial charge in [-0.2, -0.15) is 0 Å². The maximum Gasteiger partial charge on any atom is 0.332 e. The Kier molecular flexibility index (Phi) is 6.00. The van der Waals surface area contributed by atoms with Crippen LogP contribution in [-0.4, -0.2) is 56.3 Å². The number of anilines is 1. The van der Waals surface area contributed by atoms with Crippen LogP contribution in [0, 0.1) is 13.8 Å². The lowest BCUT2D eigenvalue weighted by molar-refractivity contribution is 0.251. The summed E-state index contributed by atoms with van der Waals surface area (Å²) in [5.74, 6) is 0. The molecular weight excluding hydrogens is 392 g/mol. The smallest absolute Gasteiger partial charge is 0.332 e. The molecule has 2 aromatic heterocycles. The third kappa shape index (κ3) is 4.04. The first-order valence-corrected chi connectivity index (χ1v) is 11.0. The Hall–Kier alpha value is -2.87. The molecule has 1 aliphatic heterocycles. The van der Waals surface area contributed by atoms with Crippen LogP contribution in [0.15, 0.2) is 34.1 Å². The molecule has 166 valence electrons. The van der Waals surface area contributed by atoms with Crippen LogP contribution in [0.3, 0.4) is 0 Å². The first-order chi connectivity index (χ1) is 14.9. The van der Waals surface area contributed by atoms with Gasteiger partial charge in [-0.3, -0.25) is 18.8 Å². The average Bonchev–Trinajstić information content (AvgIpc) is 3.20. The van der Waals surface area contributed by atoms with Crippen LogP contribution in [0.1, 0.15) is 24.0 Å². The van der Waals surface area contributed by atoms with E-state index in [1.54, 1.807) is 13.4 Å². The fourth-order valence-corrected chi connectivity index (χ4v) is 4.47. The zero-order valence-corrected chi connectivity index (χ0v) is 19.0. The number of imidazole rings is 1. The lowest BCUT2D eigenvalue weighted by Gasteiger charge is -2.37. The number of aryl methyl sites for hydroxylation is 3. The Balaban J connectivity index is 1.30. The standard InChI is InChI=1S/C23H32N6O2/c1-17-8-7-9-19(18(17)2)28-14-12-27(13-15-28)10-5-6-11-29-16-24-21-20(29)22(30)26(4)23(31)25(21)3/h7-9,16H,5-6,10-15H2,1-4H3. The molecule has 0 spiro atoms. The molecule has 0 atom stereocenters. The first kappa shape index (κ1) is 21.4. The van der Waals surface area contributed by atoms with E-state index in [1.165, 1.54) is 28.4 Å². The zero-order chi connectivity index (χ0) is 22.1. The number of unbranched alkanes of at least 4 members (excludes halogenated alkanes) is 1. The molecule has 1 aliphatic rings. The number of piperazine rings is 1. The monoisotopic (exact) mass is 424 g/mol. The van der Waals surface area contributed by atoms with Crippen molar-refractivity contribution in [2.45, 2.75) is 33.2 Å². The Bertz CT molecular complexity index is 1200. The summed E-state index contributed by atoms with van der Waals surface area (Å²) in [6.45, 7) is 10.4. The second-order valence-corrected chi connectivity index (χ2v) is 8.57. The van der Waals surface area contributed by atoms with Gasteiger partial charge in [0.15, 0.2) is 11.2 Å². The van der Waals surface area contributed by atoms with Crippen LogP contribution in [0.4, 0.5) is 5.69 Å². The quantitative estimate of drug-likeness (QED) is 0.563. The van der Waals surface area contributed by atoms with Crippen molar-refractivity contribution < 1.29 is 0 Å². The number of rotatable bonds is 6. The van der Waals surface area contributed by atoms with Crippen LogP contribution in [0.2, 0.25) is 0 Å². The predicted molar refractivity (Wildman–Crippen MR) is 124 cm³/mol. The molecule has 1 saturated heterocycles. The van der Waals surface area contributed by atoms with Crippen LogP contribution in [-0.2, 0) is 20.6 Å². The summed E-state index contributed by atoms with van der Waals surface area (Å²) < 4.78 is 4.47. The Labute approximate surface area is 182 Å². The van der Waals surface area contributed by atoms with E-state index < -0.39 is 0 Å². The Morgan fingerprint density at radius 2 is 1.65 bits per heavy atom. The highest BCUT2D eigenvalue weighted by Gasteiger charge is 2.19. The largest absolute Gasteiger partial charge is 0.369 e. The fraction of sp³-hybridized carbons (Fsp3) is 0.522. The van der Waals surface area contributed by atoms with E-state index in [0.29, 0.717) is 11.2 Å². The fourth-order valence-electron chi connectivity index (χ4n) is 4.47. The highest BCUT2D eigenvalue weighted by atomic mass is 16.2. The molecule has 0 N–H and O–H groups in total. The lowest BCUT2D eigenvalue weighted by atomic mass is 10.1. The van der Waals surface area contributed by atoms with Gasteiger partial charge in [0.2, 0.25) is 0 Å². The number of nitrogens with zero attached hydrogens (tertiary/aromatic N) is 6. The molecule has 0 unspecified atom stereocenters. The van der Waals surface area contributed by atoms with Crippen molar-refractivity contribution in [1.82, 2.24) is 23.6 Å². The van der Waals surface area contributed by atoms with Crippen LogP contribution in [0.25, 0.3) is 11.2 Å². The highest BCUT2D eigenvalue weighted by Crippen LogP contribution is 2.23. The molecule has 1 aromatic carbocycles. The highest BCUT2D eigenvalue weighted by molar-refractivity contribution is 5.69. The summed E-state index contributed by atoms with van der Waals surface area (Å²) in [5.41, 5.74) is 4.43. The molecule has 3 heterocycles. The Morgan fingerprint density at radius 1 is 0.935 bits per heavy atom. The van der Waals surface area contributed by atoms with Crippen molar-refractivity contribution in [3.8, 4) is 0 Å². The van der Waals surface area contributed by atoms with E-state index in [-0.39, 0.29) is 11.2 Å². The van der Waals surface area contributed by atoms with Gasteiger partial charge < -0.3 is 9.47 Å². The van der Waals surface area contributed by atoms with Gasteiger partial charge in [0.05, 0.1) is 6.33 Å². The maximum atomic E-state index is 12.5. The molecule has 0 aliphatic carbocycles. The van der Waals surface area contributed by atoms with Crippen molar-refractivity contribution in [1.29, 1.82) is 0 Å². The molecule has 8 nitrogen and oxygen atoms in total. The lowest BCUT2D eigenvalue weighted by Crippen LogP contribution is -2.46. The van der Waals surface area contributed by atoms with Gasteiger partial charge in [-0.05, 0) is 50.4 Å². The third-order valence-corrected chi connectivity index (χ3v) is 6.63. The summed E-state index contributed by atoms with van der Waals surface area (Å²) in [5, 5.41) is 0. The van der Waals surface area contributed by atoms with Crippen molar-refractivity contribution >= 4 is 16.9 Å². The average molecular weight is 425 g/mol. The number of benzene rings is 1. The topological polar surface area (TPSA) is 68.3 Å². The van der Waals surface area contributed by atoms with Crippen LogP contribution in [0.5, 0.6) is 0 Å². The molecule has 8 heteroatoms. The van der Waals surface area contributed by atoms with E-state index in [1.807, 2.05) is 4.57 Å². The van der Waals surface area contributed by atoms with Gasteiger partial charge in [0.25, 0.3) is 5.56 Å². The maximum absolute atomic E-state index is 12.5. The van der Waals surface area contributed by atoms with Gasteiger partial charge in [0.1, 0.15) is 0 Å². The van der Waals surface area contributed by atoms with Gasteiger partial charge in [-0.25, -0.2) is 9.78 Å². The Morgan fingerprint density at radius 3 is 2.39 bits per heavy atom. The molecular formula is C23H32N6O2. The molecule has 0 saturated carbocycles. The number of aromatic nitrogens is 4. The second kappa shape index (κ2) is 8.70. The van der Waals surface area contributed by atoms with Crippen molar-refractivity contribution in [3.63, 3.8) is 0 Å². The molecule has 0 radical (unpaired) electrons. The van der Waals surface area contributed by atoms with E-state index >= 15 is 0 Å². The van der Waals surface area contributed by atoms with Gasteiger partial charge in [-0.1, -0.05) is 12.1 Å². The van der Waals surface area contributed by atoms with Crippen molar-refractivity contribution in [2.75, 3.05) is 37.6 Å². The molecule has 4 rings (SSSR count). The molecule has 31 heavy (non-hydrogen) atoms. The summed E-state index contributed by atoms with van der Waals surface area (Å²) in [7, 11) is 3.17.